The molecule has 5 rings (SSSR count). The van der Waals surface area contributed by atoms with E-state index in [1.807, 2.05) is 37.5 Å². The molecule has 10 heteroatoms. The standard InChI is InChI=1S/C28H28FN5O4/c1-33-14-20(13-31-33)22-11-23(22)28(37)32-21-4-2-3-17(10-21)18-5-6-25(19(9-18)12-30)38-26-7-8-34(15-24(26)29)27(36)16-35/h2-6,9-10,13-14,22-24,26,35H,7-8,11,15-16H2,1H3,(H,32,37)/t22-,23+,24+,26-/m0/s1. The fourth-order valence-corrected chi connectivity index (χ4v) is 4.90. The number of nitrogens with zero attached hydrogens (tertiary/aromatic N) is 4. The van der Waals surface area contributed by atoms with Gasteiger partial charge in [-0.2, -0.15) is 10.4 Å². The normalized spacial score (nSPS) is 22.4. The summed E-state index contributed by atoms with van der Waals surface area (Å²) in [7, 11) is 1.85. The van der Waals surface area contributed by atoms with Crippen LogP contribution in [-0.2, 0) is 16.6 Å². The molecule has 2 aromatic carbocycles. The average molecular weight is 518 g/mol. The number of hydrogen-bond donors (Lipinski definition) is 2. The number of carbonyl (C=O) groups is 2. The van der Waals surface area contributed by atoms with E-state index < -0.39 is 24.8 Å². The SMILES string of the molecule is Cn1cc([C@@H]2C[C@H]2C(=O)Nc2cccc(-c3ccc(O[C@H]4CCN(C(=O)CO)C[C@H]4F)c(C#N)c3)c2)cn1. The number of aromatic nitrogens is 2. The van der Waals surface area contributed by atoms with Crippen molar-refractivity contribution >= 4 is 17.5 Å². The molecular formula is C28H28FN5O4. The van der Waals surface area contributed by atoms with E-state index in [9.17, 15) is 19.2 Å². The zero-order valence-electron chi connectivity index (χ0n) is 20.9. The van der Waals surface area contributed by atoms with Crippen LogP contribution >= 0.6 is 0 Å². The van der Waals surface area contributed by atoms with E-state index in [1.54, 1.807) is 29.1 Å². The number of piperidine rings is 1. The summed E-state index contributed by atoms with van der Waals surface area (Å²) in [5, 5.41) is 25.9. The molecule has 0 unspecified atom stereocenters. The lowest BCUT2D eigenvalue weighted by Gasteiger charge is -2.34. The third kappa shape index (κ3) is 5.38. The van der Waals surface area contributed by atoms with Crippen LogP contribution in [0.15, 0.2) is 54.9 Å². The number of aliphatic hydroxyl groups is 1. The largest absolute Gasteiger partial charge is 0.486 e. The Morgan fingerprint density at radius 1 is 1.26 bits per heavy atom. The first kappa shape index (κ1) is 25.4. The summed E-state index contributed by atoms with van der Waals surface area (Å²) in [6, 6.07) is 14.6. The molecule has 2 N–H and O–H groups in total. The van der Waals surface area contributed by atoms with Gasteiger partial charge in [0, 0.05) is 37.8 Å². The van der Waals surface area contributed by atoms with Gasteiger partial charge in [-0.05, 0) is 53.3 Å². The highest BCUT2D eigenvalue weighted by atomic mass is 19.1. The molecule has 0 bridgehead atoms. The van der Waals surface area contributed by atoms with E-state index in [0.717, 1.165) is 23.1 Å². The number of benzene rings is 2. The molecule has 4 atom stereocenters. The number of halogens is 1. The van der Waals surface area contributed by atoms with E-state index in [4.69, 9.17) is 9.84 Å². The Labute approximate surface area is 219 Å². The molecule has 1 saturated heterocycles. The molecular weight excluding hydrogens is 489 g/mol. The lowest BCUT2D eigenvalue weighted by molar-refractivity contribution is -0.138. The predicted octanol–water partition coefficient (Wildman–Crippen LogP) is 3.01. The summed E-state index contributed by atoms with van der Waals surface area (Å²) in [6.07, 6.45) is 2.55. The van der Waals surface area contributed by atoms with Gasteiger partial charge in [0.25, 0.3) is 0 Å². The van der Waals surface area contributed by atoms with Gasteiger partial charge in [0.05, 0.1) is 18.3 Å². The Morgan fingerprint density at radius 3 is 2.79 bits per heavy atom. The van der Waals surface area contributed by atoms with E-state index in [0.29, 0.717) is 5.69 Å². The minimum atomic E-state index is -1.44. The van der Waals surface area contributed by atoms with Crippen molar-refractivity contribution in [1.29, 1.82) is 5.26 Å². The molecule has 1 saturated carbocycles. The van der Waals surface area contributed by atoms with Gasteiger partial charge >= 0.3 is 0 Å². The maximum absolute atomic E-state index is 14.7. The monoisotopic (exact) mass is 517 g/mol. The number of ether oxygens (including phenoxy) is 1. The fourth-order valence-electron chi connectivity index (χ4n) is 4.90. The van der Waals surface area contributed by atoms with Crippen LogP contribution in [0.25, 0.3) is 11.1 Å². The second-order valence-corrected chi connectivity index (χ2v) is 9.75. The van der Waals surface area contributed by atoms with Crippen LogP contribution in [0.3, 0.4) is 0 Å². The Bertz CT molecular complexity index is 1400. The van der Waals surface area contributed by atoms with Crippen LogP contribution in [0.4, 0.5) is 10.1 Å². The van der Waals surface area contributed by atoms with Gasteiger partial charge in [-0.15, -0.1) is 0 Å². The van der Waals surface area contributed by atoms with Crippen LogP contribution in [0.1, 0.15) is 29.9 Å². The summed E-state index contributed by atoms with van der Waals surface area (Å²) >= 11 is 0. The zero-order chi connectivity index (χ0) is 26.8. The number of aliphatic hydroxyl groups excluding tert-OH is 1. The maximum Gasteiger partial charge on any atom is 0.248 e. The molecule has 38 heavy (non-hydrogen) atoms. The Hall–Kier alpha value is -4.23. The summed E-state index contributed by atoms with van der Waals surface area (Å²) in [4.78, 5) is 25.7. The minimum Gasteiger partial charge on any atom is -0.486 e. The number of carbonyl (C=O) groups excluding carboxylic acids is 2. The molecule has 196 valence electrons. The van der Waals surface area contributed by atoms with Crippen LogP contribution in [0.2, 0.25) is 0 Å². The van der Waals surface area contributed by atoms with E-state index >= 15 is 0 Å². The Balaban J connectivity index is 1.25. The number of aryl methyl sites for hydroxylation is 1. The maximum atomic E-state index is 14.7. The van der Waals surface area contributed by atoms with Crippen LogP contribution in [0, 0.1) is 17.2 Å². The average Bonchev–Trinajstić information content (AvgIpc) is 3.62. The number of nitriles is 1. The molecule has 2 amide bonds. The first-order valence-corrected chi connectivity index (χ1v) is 12.5. The summed E-state index contributed by atoms with van der Waals surface area (Å²) in [6.45, 7) is -0.547. The van der Waals surface area contributed by atoms with E-state index in [1.165, 1.54) is 4.90 Å². The number of rotatable bonds is 7. The van der Waals surface area contributed by atoms with Gasteiger partial charge in [-0.25, -0.2) is 4.39 Å². The summed E-state index contributed by atoms with van der Waals surface area (Å²) in [5.41, 5.74) is 3.55. The highest BCUT2D eigenvalue weighted by Crippen LogP contribution is 2.47. The number of alkyl halides is 1. The zero-order valence-corrected chi connectivity index (χ0v) is 20.9. The number of nitrogens with one attached hydrogen (secondary N) is 1. The molecule has 0 radical (unpaired) electrons. The molecule has 2 aliphatic rings. The Kier molecular flexibility index (Phi) is 7.11. The minimum absolute atomic E-state index is 0.0371. The van der Waals surface area contributed by atoms with Crippen LogP contribution in [0.5, 0.6) is 5.75 Å². The molecule has 9 nitrogen and oxygen atoms in total. The van der Waals surface area contributed by atoms with E-state index in [-0.39, 0.29) is 48.6 Å². The van der Waals surface area contributed by atoms with Gasteiger partial charge < -0.3 is 20.1 Å². The van der Waals surface area contributed by atoms with Crippen molar-refractivity contribution in [3.05, 3.63) is 66.0 Å². The summed E-state index contributed by atoms with van der Waals surface area (Å²) < 4.78 is 22.2. The number of anilines is 1. The lowest BCUT2D eigenvalue weighted by atomic mass is 10.0. The smallest absolute Gasteiger partial charge is 0.248 e. The van der Waals surface area contributed by atoms with Crippen LogP contribution < -0.4 is 10.1 Å². The first-order valence-electron chi connectivity index (χ1n) is 12.5. The number of amides is 2. The second kappa shape index (κ2) is 10.6. The van der Waals surface area contributed by atoms with Gasteiger partial charge in [-0.3, -0.25) is 14.3 Å². The molecule has 3 aromatic rings. The molecule has 1 aliphatic heterocycles. The first-order chi connectivity index (χ1) is 18.4. The van der Waals surface area contributed by atoms with Crippen LogP contribution in [-0.4, -0.2) is 63.6 Å². The molecule has 1 aromatic heterocycles. The second-order valence-electron chi connectivity index (χ2n) is 9.75. The van der Waals surface area contributed by atoms with Crippen molar-refractivity contribution in [2.75, 3.05) is 25.0 Å². The lowest BCUT2D eigenvalue weighted by Crippen LogP contribution is -2.50. The van der Waals surface area contributed by atoms with Crippen molar-refractivity contribution < 1.29 is 23.8 Å². The molecule has 0 spiro atoms. The van der Waals surface area contributed by atoms with Crippen molar-refractivity contribution in [3.63, 3.8) is 0 Å². The molecule has 2 fully saturated rings. The van der Waals surface area contributed by atoms with Gasteiger partial charge in [0.15, 0.2) is 6.17 Å². The number of likely N-dealkylation sites (tertiary alicyclic amines) is 1. The Morgan fingerprint density at radius 2 is 2.08 bits per heavy atom. The van der Waals surface area contributed by atoms with Gasteiger partial charge in [-0.1, -0.05) is 18.2 Å². The quantitative estimate of drug-likeness (QED) is 0.497. The van der Waals surface area contributed by atoms with E-state index in [2.05, 4.69) is 16.5 Å². The molecule has 1 aliphatic carbocycles. The number of hydrogen-bond acceptors (Lipinski definition) is 6. The van der Waals surface area contributed by atoms with Gasteiger partial charge in [0.1, 0.15) is 24.5 Å². The van der Waals surface area contributed by atoms with Crippen molar-refractivity contribution in [2.45, 2.75) is 31.0 Å². The topological polar surface area (TPSA) is 120 Å². The molecule has 2 heterocycles. The summed E-state index contributed by atoms with van der Waals surface area (Å²) in [5.74, 6) is -0.186. The van der Waals surface area contributed by atoms with Crippen molar-refractivity contribution in [3.8, 4) is 22.9 Å². The highest BCUT2D eigenvalue weighted by Gasteiger charge is 2.44. The highest BCUT2D eigenvalue weighted by molar-refractivity contribution is 5.95. The predicted molar refractivity (Wildman–Crippen MR) is 137 cm³/mol. The van der Waals surface area contributed by atoms with Gasteiger partial charge in [0.2, 0.25) is 11.8 Å². The third-order valence-corrected chi connectivity index (χ3v) is 7.09. The third-order valence-electron chi connectivity index (χ3n) is 7.09. The van der Waals surface area contributed by atoms with Crippen molar-refractivity contribution in [1.82, 2.24) is 14.7 Å². The van der Waals surface area contributed by atoms with Crippen molar-refractivity contribution in [2.24, 2.45) is 13.0 Å². The fraction of sp³-hybridized carbons (Fsp3) is 0.357.